The molecule has 2 fully saturated rings. The Morgan fingerprint density at radius 1 is 1.25 bits per heavy atom. The summed E-state index contributed by atoms with van der Waals surface area (Å²) < 4.78 is 45.0. The standard InChI is InChI=1S/C19H21F3N2O4/c1-2-28-18(27)12-6-5-9-23(11-12)15-10-16(25)24(17(15)26)14-8-4-3-7-13(14)19(20,21)22/h3-4,7-8,12,15H,2,5-6,9-11H2,1H3/t12-,15+/m1/s1. The van der Waals surface area contributed by atoms with Crippen LogP contribution in [-0.4, -0.2) is 48.4 Å². The van der Waals surface area contributed by atoms with E-state index >= 15 is 0 Å². The van der Waals surface area contributed by atoms with Crippen LogP contribution in [0.2, 0.25) is 0 Å². The van der Waals surface area contributed by atoms with Crippen molar-refractivity contribution in [1.29, 1.82) is 0 Å². The second-order valence-corrected chi connectivity index (χ2v) is 6.89. The van der Waals surface area contributed by atoms with E-state index in [1.54, 1.807) is 11.8 Å². The largest absolute Gasteiger partial charge is 0.466 e. The van der Waals surface area contributed by atoms with E-state index in [9.17, 15) is 27.6 Å². The molecule has 2 saturated heterocycles. The number of halogens is 3. The highest BCUT2D eigenvalue weighted by molar-refractivity contribution is 6.22. The maximum Gasteiger partial charge on any atom is 0.418 e. The summed E-state index contributed by atoms with van der Waals surface area (Å²) in [6.07, 6.45) is -3.64. The maximum absolute atomic E-state index is 13.3. The Morgan fingerprint density at radius 2 is 1.96 bits per heavy atom. The first-order valence-electron chi connectivity index (χ1n) is 9.17. The first-order valence-corrected chi connectivity index (χ1v) is 9.17. The van der Waals surface area contributed by atoms with E-state index < -0.39 is 41.2 Å². The van der Waals surface area contributed by atoms with Crippen LogP contribution in [0.15, 0.2) is 24.3 Å². The second kappa shape index (κ2) is 7.90. The molecule has 2 amide bonds. The molecule has 28 heavy (non-hydrogen) atoms. The fraction of sp³-hybridized carbons (Fsp3) is 0.526. The van der Waals surface area contributed by atoms with E-state index in [1.807, 2.05) is 0 Å². The van der Waals surface area contributed by atoms with Gasteiger partial charge in [0.05, 0.1) is 36.2 Å². The highest BCUT2D eigenvalue weighted by atomic mass is 19.4. The Bertz CT molecular complexity index is 781. The third-order valence-corrected chi connectivity index (χ3v) is 5.09. The Kier molecular flexibility index (Phi) is 5.74. The lowest BCUT2D eigenvalue weighted by molar-refractivity contribution is -0.150. The highest BCUT2D eigenvalue weighted by Gasteiger charge is 2.47. The fourth-order valence-corrected chi connectivity index (χ4v) is 3.80. The summed E-state index contributed by atoms with van der Waals surface area (Å²) in [6, 6.07) is 3.67. The van der Waals surface area contributed by atoms with Gasteiger partial charge < -0.3 is 4.74 Å². The average molecular weight is 398 g/mol. The normalized spacial score (nSPS) is 23.9. The van der Waals surface area contributed by atoms with Gasteiger partial charge in [0.25, 0.3) is 5.91 Å². The van der Waals surface area contributed by atoms with Crippen LogP contribution in [0.4, 0.5) is 18.9 Å². The first-order chi connectivity index (χ1) is 13.2. The Hall–Kier alpha value is -2.42. The van der Waals surface area contributed by atoms with E-state index in [2.05, 4.69) is 0 Å². The number of alkyl halides is 3. The molecule has 0 unspecified atom stereocenters. The molecule has 0 aliphatic carbocycles. The number of hydrogen-bond acceptors (Lipinski definition) is 5. The van der Waals surface area contributed by atoms with E-state index in [4.69, 9.17) is 4.74 Å². The molecule has 1 aromatic rings. The zero-order valence-corrected chi connectivity index (χ0v) is 15.4. The maximum atomic E-state index is 13.3. The van der Waals surface area contributed by atoms with Crippen LogP contribution in [0.25, 0.3) is 0 Å². The summed E-state index contributed by atoms with van der Waals surface area (Å²) in [6.45, 7) is 2.69. The molecule has 0 spiro atoms. The number of benzene rings is 1. The van der Waals surface area contributed by atoms with Crippen molar-refractivity contribution in [2.24, 2.45) is 5.92 Å². The lowest BCUT2D eigenvalue weighted by atomic mass is 9.96. The number of amides is 2. The Balaban J connectivity index is 1.82. The van der Waals surface area contributed by atoms with Crippen LogP contribution in [0.1, 0.15) is 31.7 Å². The summed E-state index contributed by atoms with van der Waals surface area (Å²) in [5.74, 6) is -2.13. The number of anilines is 1. The summed E-state index contributed by atoms with van der Waals surface area (Å²) in [7, 11) is 0. The molecular formula is C19H21F3N2O4. The molecule has 0 N–H and O–H groups in total. The van der Waals surface area contributed by atoms with Crippen molar-refractivity contribution >= 4 is 23.5 Å². The van der Waals surface area contributed by atoms with Crippen molar-refractivity contribution < 1.29 is 32.3 Å². The molecule has 0 bridgehead atoms. The van der Waals surface area contributed by atoms with Crippen LogP contribution in [0.3, 0.4) is 0 Å². The molecule has 152 valence electrons. The molecule has 9 heteroatoms. The van der Waals surface area contributed by atoms with Crippen LogP contribution in [0, 0.1) is 5.92 Å². The third-order valence-electron chi connectivity index (χ3n) is 5.09. The van der Waals surface area contributed by atoms with Crippen molar-refractivity contribution in [3.63, 3.8) is 0 Å². The van der Waals surface area contributed by atoms with Gasteiger partial charge in [-0.05, 0) is 38.4 Å². The van der Waals surface area contributed by atoms with Crippen LogP contribution in [-0.2, 0) is 25.3 Å². The number of carbonyl (C=O) groups excluding carboxylic acids is 3. The van der Waals surface area contributed by atoms with Gasteiger partial charge in [0, 0.05) is 6.54 Å². The van der Waals surface area contributed by atoms with Crippen molar-refractivity contribution in [2.45, 2.75) is 38.4 Å². The van der Waals surface area contributed by atoms with E-state index in [0.29, 0.717) is 24.3 Å². The molecule has 0 saturated carbocycles. The number of imide groups is 1. The average Bonchev–Trinajstić information content (AvgIpc) is 2.95. The number of para-hydroxylation sites is 1. The van der Waals surface area contributed by atoms with Crippen LogP contribution in [0.5, 0.6) is 0 Å². The SMILES string of the molecule is CCOC(=O)[C@@H]1CCCN([C@H]2CC(=O)N(c3ccccc3C(F)(F)F)C2=O)C1. The summed E-state index contributed by atoms with van der Waals surface area (Å²) in [5, 5.41) is 0. The predicted octanol–water partition coefficient (Wildman–Crippen LogP) is 2.61. The lowest BCUT2D eigenvalue weighted by Gasteiger charge is -2.34. The van der Waals surface area contributed by atoms with Gasteiger partial charge in [-0.1, -0.05) is 12.1 Å². The number of hydrogen-bond donors (Lipinski definition) is 0. The number of piperidine rings is 1. The molecule has 0 aromatic heterocycles. The highest BCUT2D eigenvalue weighted by Crippen LogP contribution is 2.39. The molecule has 0 radical (unpaired) electrons. The van der Waals surface area contributed by atoms with E-state index in [0.717, 1.165) is 12.1 Å². The van der Waals surface area contributed by atoms with Gasteiger partial charge in [0.1, 0.15) is 0 Å². The molecule has 2 aliphatic rings. The van der Waals surface area contributed by atoms with Crippen LogP contribution < -0.4 is 4.90 Å². The van der Waals surface area contributed by atoms with Crippen molar-refractivity contribution in [3.8, 4) is 0 Å². The van der Waals surface area contributed by atoms with Gasteiger partial charge in [-0.15, -0.1) is 0 Å². The zero-order chi connectivity index (χ0) is 20.5. The molecule has 2 aliphatic heterocycles. The minimum Gasteiger partial charge on any atom is -0.466 e. The third kappa shape index (κ3) is 3.89. The topological polar surface area (TPSA) is 66.9 Å². The molecule has 3 rings (SSSR count). The van der Waals surface area contributed by atoms with Crippen molar-refractivity contribution in [3.05, 3.63) is 29.8 Å². The molecule has 2 atom stereocenters. The Labute approximate surface area is 160 Å². The Morgan fingerprint density at radius 3 is 2.64 bits per heavy atom. The van der Waals surface area contributed by atoms with E-state index in [-0.39, 0.29) is 25.5 Å². The van der Waals surface area contributed by atoms with Gasteiger partial charge in [0.15, 0.2) is 0 Å². The fourth-order valence-electron chi connectivity index (χ4n) is 3.80. The molecule has 6 nitrogen and oxygen atoms in total. The number of nitrogens with zero attached hydrogens (tertiary/aromatic N) is 2. The number of likely N-dealkylation sites (tertiary alicyclic amines) is 1. The summed E-state index contributed by atoms with van der Waals surface area (Å²) >= 11 is 0. The monoisotopic (exact) mass is 398 g/mol. The molecule has 2 heterocycles. The summed E-state index contributed by atoms with van der Waals surface area (Å²) in [5.41, 5.74) is -1.48. The second-order valence-electron chi connectivity index (χ2n) is 6.89. The van der Waals surface area contributed by atoms with Gasteiger partial charge in [-0.2, -0.15) is 13.2 Å². The molecule has 1 aromatic carbocycles. The van der Waals surface area contributed by atoms with Gasteiger partial charge >= 0.3 is 12.1 Å². The minimum absolute atomic E-state index is 0.208. The lowest BCUT2D eigenvalue weighted by Crippen LogP contribution is -2.48. The number of carbonyl (C=O) groups is 3. The smallest absolute Gasteiger partial charge is 0.418 e. The van der Waals surface area contributed by atoms with Crippen molar-refractivity contribution in [2.75, 3.05) is 24.6 Å². The van der Waals surface area contributed by atoms with E-state index in [1.165, 1.54) is 12.1 Å². The van der Waals surface area contributed by atoms with Crippen LogP contribution >= 0.6 is 0 Å². The quantitative estimate of drug-likeness (QED) is 0.576. The number of ether oxygens (including phenoxy) is 1. The number of rotatable bonds is 4. The van der Waals surface area contributed by atoms with Gasteiger partial charge in [0.2, 0.25) is 5.91 Å². The number of esters is 1. The predicted molar refractivity (Wildman–Crippen MR) is 93.3 cm³/mol. The minimum atomic E-state index is -4.69. The van der Waals surface area contributed by atoms with Gasteiger partial charge in [-0.3, -0.25) is 19.3 Å². The zero-order valence-electron chi connectivity index (χ0n) is 15.4. The van der Waals surface area contributed by atoms with Gasteiger partial charge in [-0.25, -0.2) is 4.90 Å². The van der Waals surface area contributed by atoms with Crippen molar-refractivity contribution in [1.82, 2.24) is 4.90 Å². The first kappa shape index (κ1) is 20.3. The molecular weight excluding hydrogens is 377 g/mol. The summed E-state index contributed by atoms with van der Waals surface area (Å²) in [4.78, 5) is 39.7.